The van der Waals surface area contributed by atoms with E-state index in [9.17, 15) is 9.59 Å². The molecule has 0 radical (unpaired) electrons. The van der Waals surface area contributed by atoms with Gasteiger partial charge in [-0.15, -0.1) is 0 Å². The van der Waals surface area contributed by atoms with E-state index in [4.69, 9.17) is 5.11 Å². The quantitative estimate of drug-likeness (QED) is 0.789. The molecule has 2 fully saturated rings. The molecule has 0 aromatic heterocycles. The first-order valence-electron chi connectivity index (χ1n) is 7.51. The van der Waals surface area contributed by atoms with Crippen molar-refractivity contribution in [3.05, 3.63) is 0 Å². The Bertz CT molecular complexity index is 356. The number of hydrogen-bond donors (Lipinski definition) is 2. The highest BCUT2D eigenvalue weighted by molar-refractivity contribution is 5.80. The van der Waals surface area contributed by atoms with Crippen molar-refractivity contribution in [3.63, 3.8) is 0 Å². The second-order valence-electron chi connectivity index (χ2n) is 6.06. The van der Waals surface area contributed by atoms with E-state index < -0.39 is 5.97 Å². The molecule has 2 amide bonds. The van der Waals surface area contributed by atoms with E-state index >= 15 is 0 Å². The average Bonchev–Trinajstić information content (AvgIpc) is 3.04. The van der Waals surface area contributed by atoms with Crippen molar-refractivity contribution in [2.75, 3.05) is 33.2 Å². The summed E-state index contributed by atoms with van der Waals surface area (Å²) in [5.41, 5.74) is 0. The van der Waals surface area contributed by atoms with E-state index in [1.54, 1.807) is 0 Å². The molecule has 6 nitrogen and oxygen atoms in total. The molecule has 1 saturated heterocycles. The zero-order valence-electron chi connectivity index (χ0n) is 12.2. The van der Waals surface area contributed by atoms with Crippen LogP contribution in [0.25, 0.3) is 0 Å². The van der Waals surface area contributed by atoms with Crippen LogP contribution in [0, 0.1) is 5.92 Å². The molecule has 0 aromatic carbocycles. The van der Waals surface area contributed by atoms with Gasteiger partial charge in [0.05, 0.1) is 0 Å². The lowest BCUT2D eigenvalue weighted by molar-refractivity contribution is -0.138. The SMILES string of the molecule is CN1CCC(CNC(=O)N(CC(=O)O)C2CCCC2)C1. The topological polar surface area (TPSA) is 72.9 Å². The Morgan fingerprint density at radius 3 is 2.55 bits per heavy atom. The Kier molecular flexibility index (Phi) is 5.23. The molecular formula is C14H25N3O3. The molecule has 6 heteroatoms. The predicted octanol–water partition coefficient (Wildman–Crippen LogP) is 0.977. The van der Waals surface area contributed by atoms with Gasteiger partial charge in [0.2, 0.25) is 0 Å². The number of hydrogen-bond acceptors (Lipinski definition) is 3. The Balaban J connectivity index is 1.83. The number of amides is 2. The van der Waals surface area contributed by atoms with Gasteiger partial charge >= 0.3 is 12.0 Å². The Labute approximate surface area is 120 Å². The van der Waals surface area contributed by atoms with E-state index in [0.29, 0.717) is 12.5 Å². The van der Waals surface area contributed by atoms with Crippen LogP contribution < -0.4 is 5.32 Å². The van der Waals surface area contributed by atoms with E-state index in [-0.39, 0.29) is 18.6 Å². The molecule has 1 heterocycles. The zero-order chi connectivity index (χ0) is 14.5. The fourth-order valence-corrected chi connectivity index (χ4v) is 3.25. The number of carbonyl (C=O) groups is 2. The molecule has 1 atom stereocenters. The van der Waals surface area contributed by atoms with Gasteiger partial charge in [-0.05, 0) is 38.8 Å². The Morgan fingerprint density at radius 2 is 2.00 bits per heavy atom. The van der Waals surface area contributed by atoms with Gasteiger partial charge < -0.3 is 20.2 Å². The number of carboxylic acids is 1. The van der Waals surface area contributed by atoms with Gasteiger partial charge in [0.15, 0.2) is 0 Å². The van der Waals surface area contributed by atoms with Crippen molar-refractivity contribution in [3.8, 4) is 0 Å². The molecule has 2 rings (SSSR count). The number of nitrogens with zero attached hydrogens (tertiary/aromatic N) is 2. The number of aliphatic carboxylic acids is 1. The van der Waals surface area contributed by atoms with Crippen molar-refractivity contribution in [2.24, 2.45) is 5.92 Å². The third kappa shape index (κ3) is 4.10. The maximum absolute atomic E-state index is 12.2. The predicted molar refractivity (Wildman–Crippen MR) is 75.6 cm³/mol. The summed E-state index contributed by atoms with van der Waals surface area (Å²) in [6.45, 7) is 2.53. The van der Waals surface area contributed by atoms with Crippen molar-refractivity contribution in [1.29, 1.82) is 0 Å². The number of nitrogens with one attached hydrogen (secondary N) is 1. The van der Waals surface area contributed by atoms with Crippen LogP contribution in [-0.2, 0) is 4.79 Å². The van der Waals surface area contributed by atoms with Gasteiger partial charge in [-0.2, -0.15) is 0 Å². The van der Waals surface area contributed by atoms with Gasteiger partial charge in [-0.3, -0.25) is 4.79 Å². The molecule has 1 aliphatic heterocycles. The minimum atomic E-state index is -0.937. The first kappa shape index (κ1) is 15.1. The average molecular weight is 283 g/mol. The summed E-state index contributed by atoms with van der Waals surface area (Å²) in [5, 5.41) is 11.9. The summed E-state index contributed by atoms with van der Waals surface area (Å²) in [6.07, 6.45) is 5.11. The highest BCUT2D eigenvalue weighted by Crippen LogP contribution is 2.23. The van der Waals surface area contributed by atoms with Crippen LogP contribution in [0.3, 0.4) is 0 Å². The molecule has 114 valence electrons. The monoisotopic (exact) mass is 283 g/mol. The maximum Gasteiger partial charge on any atom is 0.323 e. The lowest BCUT2D eigenvalue weighted by Crippen LogP contribution is -2.48. The van der Waals surface area contributed by atoms with Crippen molar-refractivity contribution < 1.29 is 14.7 Å². The number of likely N-dealkylation sites (tertiary alicyclic amines) is 1. The number of urea groups is 1. The second-order valence-corrected chi connectivity index (χ2v) is 6.06. The second kappa shape index (κ2) is 6.92. The van der Waals surface area contributed by atoms with E-state index in [1.807, 2.05) is 0 Å². The fraction of sp³-hybridized carbons (Fsp3) is 0.857. The molecule has 1 unspecified atom stereocenters. The summed E-state index contributed by atoms with van der Waals surface area (Å²) in [5.74, 6) is -0.452. The van der Waals surface area contributed by atoms with Crippen molar-refractivity contribution >= 4 is 12.0 Å². The van der Waals surface area contributed by atoms with Gasteiger partial charge in [-0.25, -0.2) is 4.79 Å². The Morgan fingerprint density at radius 1 is 1.30 bits per heavy atom. The standard InChI is InChI=1S/C14H25N3O3/c1-16-7-6-11(9-16)8-15-14(20)17(10-13(18)19)12-4-2-3-5-12/h11-12H,2-10H2,1H3,(H,15,20)(H,18,19). The minimum Gasteiger partial charge on any atom is -0.480 e. The highest BCUT2D eigenvalue weighted by Gasteiger charge is 2.29. The van der Waals surface area contributed by atoms with Gasteiger partial charge in [0.25, 0.3) is 0 Å². The fourth-order valence-electron chi connectivity index (χ4n) is 3.25. The molecule has 0 bridgehead atoms. The molecule has 0 aromatic rings. The number of carboxylic acid groups (broad SMARTS) is 1. The van der Waals surface area contributed by atoms with E-state index in [1.165, 1.54) is 4.90 Å². The first-order chi connectivity index (χ1) is 9.56. The molecule has 20 heavy (non-hydrogen) atoms. The molecule has 0 spiro atoms. The van der Waals surface area contributed by atoms with Crippen LogP contribution in [0.2, 0.25) is 0 Å². The van der Waals surface area contributed by atoms with Gasteiger partial charge in [-0.1, -0.05) is 12.8 Å². The van der Waals surface area contributed by atoms with E-state index in [2.05, 4.69) is 17.3 Å². The number of carbonyl (C=O) groups excluding carboxylic acids is 1. The summed E-state index contributed by atoms with van der Waals surface area (Å²) >= 11 is 0. The smallest absolute Gasteiger partial charge is 0.323 e. The normalized spacial score (nSPS) is 23.9. The van der Waals surface area contributed by atoms with Crippen LogP contribution in [0.1, 0.15) is 32.1 Å². The van der Waals surface area contributed by atoms with Crippen LogP contribution in [0.4, 0.5) is 4.79 Å². The zero-order valence-corrected chi connectivity index (χ0v) is 12.2. The summed E-state index contributed by atoms with van der Waals surface area (Å²) in [4.78, 5) is 26.9. The van der Waals surface area contributed by atoms with Crippen LogP contribution in [0.15, 0.2) is 0 Å². The summed E-state index contributed by atoms with van der Waals surface area (Å²) < 4.78 is 0. The first-order valence-corrected chi connectivity index (χ1v) is 7.51. The largest absolute Gasteiger partial charge is 0.480 e. The lowest BCUT2D eigenvalue weighted by atomic mass is 10.1. The third-order valence-electron chi connectivity index (χ3n) is 4.36. The molecule has 1 saturated carbocycles. The van der Waals surface area contributed by atoms with E-state index in [0.717, 1.165) is 45.2 Å². The molecule has 2 N–H and O–H groups in total. The summed E-state index contributed by atoms with van der Waals surface area (Å²) in [7, 11) is 2.08. The van der Waals surface area contributed by atoms with Gasteiger partial charge in [0, 0.05) is 19.1 Å². The highest BCUT2D eigenvalue weighted by atomic mass is 16.4. The van der Waals surface area contributed by atoms with Crippen molar-refractivity contribution in [1.82, 2.24) is 15.1 Å². The van der Waals surface area contributed by atoms with Crippen LogP contribution in [0.5, 0.6) is 0 Å². The van der Waals surface area contributed by atoms with Crippen LogP contribution in [-0.4, -0.2) is 66.2 Å². The molecular weight excluding hydrogens is 258 g/mol. The van der Waals surface area contributed by atoms with Gasteiger partial charge in [0.1, 0.15) is 6.54 Å². The maximum atomic E-state index is 12.2. The minimum absolute atomic E-state index is 0.0948. The summed E-state index contributed by atoms with van der Waals surface area (Å²) in [6, 6.07) is -0.119. The third-order valence-corrected chi connectivity index (χ3v) is 4.36. The number of rotatable bonds is 5. The van der Waals surface area contributed by atoms with Crippen LogP contribution >= 0.6 is 0 Å². The molecule has 1 aliphatic carbocycles. The lowest BCUT2D eigenvalue weighted by Gasteiger charge is -2.28. The Hall–Kier alpha value is -1.30. The molecule has 2 aliphatic rings. The van der Waals surface area contributed by atoms with Crippen molar-refractivity contribution in [2.45, 2.75) is 38.1 Å².